The fraction of sp³-hybridized carbons (Fsp3) is 0.333. The van der Waals surface area contributed by atoms with E-state index in [4.69, 9.17) is 23.2 Å². The second-order valence-corrected chi connectivity index (χ2v) is 6.81. The van der Waals surface area contributed by atoms with E-state index in [0.717, 1.165) is 23.1 Å². The number of aryl methyl sites for hydroxylation is 1. The van der Waals surface area contributed by atoms with Gasteiger partial charge < -0.3 is 5.32 Å². The summed E-state index contributed by atoms with van der Waals surface area (Å²) < 4.78 is 0.986. The number of ketones is 1. The molecule has 0 fully saturated rings. The molecule has 0 bridgehead atoms. The lowest BCUT2D eigenvalue weighted by molar-refractivity contribution is -0.119. The zero-order chi connectivity index (χ0) is 19.3. The van der Waals surface area contributed by atoms with E-state index >= 15 is 0 Å². The van der Waals surface area contributed by atoms with Gasteiger partial charge in [-0.05, 0) is 25.3 Å². The van der Waals surface area contributed by atoms with Crippen LogP contribution in [0.2, 0.25) is 10.0 Å². The Labute approximate surface area is 161 Å². The first-order valence-corrected chi connectivity index (χ1v) is 8.84. The van der Waals surface area contributed by atoms with Crippen LogP contribution in [0.25, 0.3) is 0 Å². The summed E-state index contributed by atoms with van der Waals surface area (Å²) in [6.45, 7) is 3.22. The first-order chi connectivity index (χ1) is 12.3. The lowest BCUT2D eigenvalue weighted by Gasteiger charge is -2.12. The van der Waals surface area contributed by atoms with Gasteiger partial charge in [0.15, 0.2) is 5.78 Å². The fourth-order valence-corrected chi connectivity index (χ4v) is 2.72. The maximum Gasteiger partial charge on any atom is 0.287 e. The fourth-order valence-electron chi connectivity index (χ4n) is 2.44. The van der Waals surface area contributed by atoms with Gasteiger partial charge in [-0.1, -0.05) is 47.5 Å². The molecule has 0 saturated carbocycles. The summed E-state index contributed by atoms with van der Waals surface area (Å²) in [6, 6.07) is 7.23. The third-order valence-electron chi connectivity index (χ3n) is 3.83. The molecule has 2 aromatic rings. The Morgan fingerprint density at radius 3 is 2.50 bits per heavy atom. The number of nitrogens with one attached hydrogen (secondary N) is 1. The van der Waals surface area contributed by atoms with Crippen molar-refractivity contribution < 1.29 is 9.59 Å². The number of halogens is 2. The van der Waals surface area contributed by atoms with E-state index in [1.54, 1.807) is 12.1 Å². The normalized spacial score (nSPS) is 11.8. The van der Waals surface area contributed by atoms with Gasteiger partial charge in [0.25, 0.3) is 5.56 Å². The van der Waals surface area contributed by atoms with Crippen LogP contribution in [-0.2, 0) is 17.8 Å². The number of aromatic nitrogens is 2. The molecule has 0 aliphatic heterocycles. The van der Waals surface area contributed by atoms with Crippen molar-refractivity contribution in [3.8, 4) is 0 Å². The minimum atomic E-state index is -0.601. The third kappa shape index (κ3) is 5.41. The summed E-state index contributed by atoms with van der Waals surface area (Å²) in [6.07, 6.45) is 2.82. The molecule has 1 atom stereocenters. The van der Waals surface area contributed by atoms with E-state index in [1.807, 2.05) is 19.1 Å². The third-order valence-corrected chi connectivity index (χ3v) is 4.58. The van der Waals surface area contributed by atoms with Crippen molar-refractivity contribution >= 4 is 34.9 Å². The predicted octanol–water partition coefficient (Wildman–Crippen LogP) is 2.89. The Hall–Kier alpha value is -2.18. The lowest BCUT2D eigenvalue weighted by Crippen LogP contribution is -2.30. The molecule has 6 nitrogen and oxygen atoms in total. The van der Waals surface area contributed by atoms with Crippen LogP contribution in [0.5, 0.6) is 0 Å². The highest BCUT2D eigenvalue weighted by Crippen LogP contribution is 2.15. The topological polar surface area (TPSA) is 81.1 Å². The van der Waals surface area contributed by atoms with Crippen molar-refractivity contribution in [2.45, 2.75) is 39.3 Å². The highest BCUT2D eigenvalue weighted by molar-refractivity contribution is 6.41. The molecule has 0 unspecified atom stereocenters. The zero-order valence-electron chi connectivity index (χ0n) is 14.5. The van der Waals surface area contributed by atoms with Gasteiger partial charge in [-0.25, -0.2) is 4.68 Å². The SMILES string of the molecule is CC(=O)N[C@H](C)CCc1ccc(C(=O)Cn2ncc(Cl)c(Cl)c2=O)cc1. The minimum absolute atomic E-state index is 0.0513. The van der Waals surface area contributed by atoms with Crippen LogP contribution in [0.3, 0.4) is 0 Å². The van der Waals surface area contributed by atoms with E-state index in [1.165, 1.54) is 13.1 Å². The molecule has 1 amide bonds. The molecule has 0 aliphatic carbocycles. The molecule has 1 aromatic heterocycles. The van der Waals surface area contributed by atoms with Gasteiger partial charge in [0, 0.05) is 18.5 Å². The number of benzene rings is 1. The van der Waals surface area contributed by atoms with Crippen LogP contribution in [0.15, 0.2) is 35.3 Å². The Bertz CT molecular complexity index is 863. The summed E-state index contributed by atoms with van der Waals surface area (Å²) >= 11 is 11.5. The molecular formula is C18H19Cl2N3O3. The van der Waals surface area contributed by atoms with Crippen molar-refractivity contribution in [2.75, 3.05) is 0 Å². The Balaban J connectivity index is 1.99. The first-order valence-electron chi connectivity index (χ1n) is 8.08. The summed E-state index contributed by atoms with van der Waals surface area (Å²) in [7, 11) is 0. The van der Waals surface area contributed by atoms with E-state index in [-0.39, 0.29) is 34.3 Å². The van der Waals surface area contributed by atoms with Crippen molar-refractivity contribution in [1.29, 1.82) is 0 Å². The summed E-state index contributed by atoms with van der Waals surface area (Å²) in [4.78, 5) is 35.3. The van der Waals surface area contributed by atoms with Crippen molar-refractivity contribution in [2.24, 2.45) is 0 Å². The molecular weight excluding hydrogens is 377 g/mol. The van der Waals surface area contributed by atoms with Crippen LogP contribution in [0, 0.1) is 0 Å². The number of carbonyl (C=O) groups excluding carboxylic acids is 2. The molecule has 0 aliphatic rings. The quantitative estimate of drug-likeness (QED) is 0.730. The lowest BCUT2D eigenvalue weighted by atomic mass is 10.0. The summed E-state index contributed by atoms with van der Waals surface area (Å²) in [5, 5.41) is 6.56. The average Bonchev–Trinajstić information content (AvgIpc) is 2.60. The van der Waals surface area contributed by atoms with Crippen LogP contribution >= 0.6 is 23.2 Å². The van der Waals surface area contributed by atoms with E-state index in [9.17, 15) is 14.4 Å². The Kier molecular flexibility index (Phi) is 6.94. The summed E-state index contributed by atoms with van der Waals surface area (Å²) in [5.41, 5.74) is 0.933. The number of Topliss-reactive ketones (excluding diaryl/α,β-unsaturated/α-hetero) is 1. The second-order valence-electron chi connectivity index (χ2n) is 6.03. The number of nitrogens with zero attached hydrogens (tertiary/aromatic N) is 2. The van der Waals surface area contributed by atoms with Gasteiger partial charge in [0.1, 0.15) is 11.6 Å². The average molecular weight is 396 g/mol. The van der Waals surface area contributed by atoms with Crippen molar-refractivity contribution in [3.05, 3.63) is 62.0 Å². The van der Waals surface area contributed by atoms with Gasteiger partial charge in [0.2, 0.25) is 5.91 Å². The molecule has 1 aromatic carbocycles. The number of hydrogen-bond acceptors (Lipinski definition) is 4. The molecule has 0 saturated heterocycles. The van der Waals surface area contributed by atoms with Crippen LogP contribution in [0.4, 0.5) is 0 Å². The molecule has 2 rings (SSSR count). The highest BCUT2D eigenvalue weighted by atomic mass is 35.5. The highest BCUT2D eigenvalue weighted by Gasteiger charge is 2.12. The minimum Gasteiger partial charge on any atom is -0.354 e. The van der Waals surface area contributed by atoms with E-state index in [0.29, 0.717) is 5.56 Å². The second kappa shape index (κ2) is 8.96. The maximum absolute atomic E-state index is 12.3. The molecule has 138 valence electrons. The van der Waals surface area contributed by atoms with Gasteiger partial charge >= 0.3 is 0 Å². The molecule has 26 heavy (non-hydrogen) atoms. The van der Waals surface area contributed by atoms with E-state index in [2.05, 4.69) is 10.4 Å². The van der Waals surface area contributed by atoms with Crippen molar-refractivity contribution in [1.82, 2.24) is 15.1 Å². The predicted molar refractivity (Wildman–Crippen MR) is 101 cm³/mol. The number of hydrogen-bond donors (Lipinski definition) is 1. The van der Waals surface area contributed by atoms with Gasteiger partial charge in [0.05, 0.1) is 11.2 Å². The molecule has 0 radical (unpaired) electrons. The van der Waals surface area contributed by atoms with Crippen LogP contribution in [0.1, 0.15) is 36.2 Å². The van der Waals surface area contributed by atoms with Crippen LogP contribution in [-0.4, -0.2) is 27.5 Å². The Morgan fingerprint density at radius 1 is 1.23 bits per heavy atom. The molecule has 1 heterocycles. The molecule has 8 heteroatoms. The number of carbonyl (C=O) groups is 2. The van der Waals surface area contributed by atoms with Crippen LogP contribution < -0.4 is 10.9 Å². The molecule has 1 N–H and O–H groups in total. The Morgan fingerprint density at radius 2 is 1.88 bits per heavy atom. The van der Waals surface area contributed by atoms with E-state index < -0.39 is 5.56 Å². The van der Waals surface area contributed by atoms with Gasteiger partial charge in [-0.3, -0.25) is 14.4 Å². The largest absolute Gasteiger partial charge is 0.354 e. The molecule has 0 spiro atoms. The van der Waals surface area contributed by atoms with Crippen molar-refractivity contribution in [3.63, 3.8) is 0 Å². The zero-order valence-corrected chi connectivity index (χ0v) is 16.0. The smallest absolute Gasteiger partial charge is 0.287 e. The number of rotatable bonds is 7. The monoisotopic (exact) mass is 395 g/mol. The number of amides is 1. The summed E-state index contributed by atoms with van der Waals surface area (Å²) in [5.74, 6) is -0.305. The van der Waals surface area contributed by atoms with Gasteiger partial charge in [-0.15, -0.1) is 0 Å². The first kappa shape index (κ1) is 20.1. The standard InChI is InChI=1S/C18H19Cl2N3O3/c1-11(22-12(2)24)3-4-13-5-7-14(8-6-13)16(25)10-23-18(26)17(20)15(19)9-21-23/h5-9,11H,3-4,10H2,1-2H3,(H,22,24)/t11-/m1/s1. The maximum atomic E-state index is 12.3. The van der Waals surface area contributed by atoms with Gasteiger partial charge in [-0.2, -0.15) is 5.10 Å².